The monoisotopic (exact) mass is 485 g/mol. The molecule has 0 saturated carbocycles. The van der Waals surface area contributed by atoms with Gasteiger partial charge in [-0.25, -0.2) is 5.43 Å². The van der Waals surface area contributed by atoms with Crippen molar-refractivity contribution >= 4 is 52.3 Å². The molecule has 142 valence electrons. The molecule has 2 heterocycles. The molecule has 28 heavy (non-hydrogen) atoms. The standard InChI is InChI=1S/C20H20IN7/c21-16-8-6-7-15(13-16)14-22-27-19-24-18(23-17-9-2-1-3-10-17)25-20(26-19)28-11-4-5-12-28/h1-3,6-10,13-14H,4-5,11-12H2,(H2,23,24,25,26,27). The van der Waals surface area contributed by atoms with Crippen molar-refractivity contribution in [2.75, 3.05) is 28.7 Å². The van der Waals surface area contributed by atoms with E-state index >= 15 is 0 Å². The van der Waals surface area contributed by atoms with Crippen molar-refractivity contribution in [2.24, 2.45) is 5.10 Å². The topological polar surface area (TPSA) is 78.3 Å². The number of nitrogens with zero attached hydrogens (tertiary/aromatic N) is 5. The SMILES string of the molecule is Ic1cccc(C=NNc2nc(Nc3ccccc3)nc(N3CCCC3)n2)c1. The third-order valence-electron chi connectivity index (χ3n) is 4.27. The fourth-order valence-corrected chi connectivity index (χ4v) is 3.50. The van der Waals surface area contributed by atoms with Crippen LogP contribution < -0.4 is 15.6 Å². The van der Waals surface area contributed by atoms with E-state index in [-0.39, 0.29) is 0 Å². The highest BCUT2D eigenvalue weighted by Gasteiger charge is 2.17. The molecular weight excluding hydrogens is 465 g/mol. The molecule has 0 unspecified atom stereocenters. The van der Waals surface area contributed by atoms with Crippen LogP contribution in [0.3, 0.4) is 0 Å². The van der Waals surface area contributed by atoms with Crippen LogP contribution in [0, 0.1) is 3.57 Å². The predicted molar refractivity (Wildman–Crippen MR) is 121 cm³/mol. The molecule has 2 N–H and O–H groups in total. The smallest absolute Gasteiger partial charge is 0.250 e. The highest BCUT2D eigenvalue weighted by molar-refractivity contribution is 14.1. The Kier molecular flexibility index (Phi) is 5.95. The third-order valence-corrected chi connectivity index (χ3v) is 4.94. The number of para-hydroxylation sites is 1. The average molecular weight is 485 g/mol. The Hall–Kier alpha value is -2.75. The van der Waals surface area contributed by atoms with Crippen LogP contribution in [0.25, 0.3) is 0 Å². The van der Waals surface area contributed by atoms with E-state index in [9.17, 15) is 0 Å². The van der Waals surface area contributed by atoms with Crippen LogP contribution >= 0.6 is 22.6 Å². The first-order valence-corrected chi connectivity index (χ1v) is 10.2. The summed E-state index contributed by atoms with van der Waals surface area (Å²) in [6, 6.07) is 18.0. The first kappa shape index (κ1) is 18.6. The van der Waals surface area contributed by atoms with Gasteiger partial charge in [0.15, 0.2) is 0 Å². The van der Waals surface area contributed by atoms with Gasteiger partial charge in [-0.2, -0.15) is 20.1 Å². The second-order valence-electron chi connectivity index (χ2n) is 6.39. The summed E-state index contributed by atoms with van der Waals surface area (Å²) in [7, 11) is 0. The summed E-state index contributed by atoms with van der Waals surface area (Å²) in [5, 5.41) is 7.53. The van der Waals surface area contributed by atoms with E-state index < -0.39 is 0 Å². The molecule has 1 saturated heterocycles. The van der Waals surface area contributed by atoms with Gasteiger partial charge in [-0.05, 0) is 65.3 Å². The van der Waals surface area contributed by atoms with Gasteiger partial charge in [-0.1, -0.05) is 30.3 Å². The molecule has 0 bridgehead atoms. The fourth-order valence-electron chi connectivity index (χ4n) is 2.93. The van der Waals surface area contributed by atoms with Gasteiger partial charge in [0.25, 0.3) is 0 Å². The van der Waals surface area contributed by atoms with E-state index in [1.807, 2.05) is 48.5 Å². The van der Waals surface area contributed by atoms with Crippen LogP contribution in [-0.4, -0.2) is 34.3 Å². The van der Waals surface area contributed by atoms with E-state index in [1.54, 1.807) is 6.21 Å². The lowest BCUT2D eigenvalue weighted by Crippen LogP contribution is -2.21. The molecule has 8 heteroatoms. The first-order chi connectivity index (χ1) is 13.8. The Morgan fingerprint density at radius 3 is 2.50 bits per heavy atom. The molecule has 0 amide bonds. The summed E-state index contributed by atoms with van der Waals surface area (Å²) in [5.74, 6) is 1.57. The van der Waals surface area contributed by atoms with Gasteiger partial charge in [0.05, 0.1) is 6.21 Å². The molecule has 0 radical (unpaired) electrons. The number of hydrogen-bond acceptors (Lipinski definition) is 7. The molecule has 7 nitrogen and oxygen atoms in total. The maximum Gasteiger partial charge on any atom is 0.250 e. The van der Waals surface area contributed by atoms with E-state index in [1.165, 1.54) is 0 Å². The zero-order valence-corrected chi connectivity index (χ0v) is 17.4. The number of halogens is 1. The molecule has 4 rings (SSSR count). The molecule has 0 atom stereocenters. The molecule has 2 aromatic carbocycles. The van der Waals surface area contributed by atoms with Crippen molar-refractivity contribution in [1.82, 2.24) is 15.0 Å². The van der Waals surface area contributed by atoms with Crippen LogP contribution in [0.2, 0.25) is 0 Å². The lowest BCUT2D eigenvalue weighted by molar-refractivity contribution is 0.883. The van der Waals surface area contributed by atoms with Crippen LogP contribution in [-0.2, 0) is 0 Å². The number of anilines is 4. The number of rotatable bonds is 6. The number of nitrogens with one attached hydrogen (secondary N) is 2. The second-order valence-corrected chi connectivity index (χ2v) is 7.64. The lowest BCUT2D eigenvalue weighted by Gasteiger charge is -2.16. The largest absolute Gasteiger partial charge is 0.341 e. The van der Waals surface area contributed by atoms with E-state index in [4.69, 9.17) is 0 Å². The minimum absolute atomic E-state index is 0.414. The Labute approximate surface area is 177 Å². The second kappa shape index (κ2) is 8.96. The highest BCUT2D eigenvalue weighted by Crippen LogP contribution is 2.20. The van der Waals surface area contributed by atoms with Gasteiger partial charge in [0.1, 0.15) is 0 Å². The van der Waals surface area contributed by atoms with Crippen LogP contribution in [0.1, 0.15) is 18.4 Å². The van der Waals surface area contributed by atoms with Gasteiger partial charge in [0, 0.05) is 22.3 Å². The Balaban J connectivity index is 1.56. The minimum Gasteiger partial charge on any atom is -0.341 e. The predicted octanol–water partition coefficient (Wildman–Crippen LogP) is 4.27. The molecule has 3 aromatic rings. The molecule has 0 spiro atoms. The lowest BCUT2D eigenvalue weighted by atomic mass is 10.2. The Bertz CT molecular complexity index is 956. The third kappa shape index (κ3) is 4.94. The summed E-state index contributed by atoms with van der Waals surface area (Å²) >= 11 is 2.28. The molecule has 0 aliphatic carbocycles. The van der Waals surface area contributed by atoms with Crippen LogP contribution in [0.5, 0.6) is 0 Å². The first-order valence-electron chi connectivity index (χ1n) is 9.14. The number of aromatic nitrogens is 3. The van der Waals surface area contributed by atoms with Crippen molar-refractivity contribution in [3.05, 3.63) is 63.7 Å². The number of hydrogen-bond donors (Lipinski definition) is 2. The maximum absolute atomic E-state index is 4.59. The Morgan fingerprint density at radius 2 is 1.71 bits per heavy atom. The average Bonchev–Trinajstić information content (AvgIpc) is 3.24. The molecule has 1 aliphatic rings. The Morgan fingerprint density at radius 1 is 0.929 bits per heavy atom. The van der Waals surface area contributed by atoms with E-state index in [2.05, 4.69) is 64.4 Å². The molecule has 1 aromatic heterocycles. The van der Waals surface area contributed by atoms with Crippen molar-refractivity contribution in [3.8, 4) is 0 Å². The van der Waals surface area contributed by atoms with E-state index in [0.29, 0.717) is 17.8 Å². The van der Waals surface area contributed by atoms with Gasteiger partial charge in [-0.3, -0.25) is 0 Å². The van der Waals surface area contributed by atoms with Crippen LogP contribution in [0.4, 0.5) is 23.5 Å². The number of benzene rings is 2. The van der Waals surface area contributed by atoms with Crippen molar-refractivity contribution in [1.29, 1.82) is 0 Å². The van der Waals surface area contributed by atoms with Crippen molar-refractivity contribution in [3.63, 3.8) is 0 Å². The fraction of sp³-hybridized carbons (Fsp3) is 0.200. The van der Waals surface area contributed by atoms with Gasteiger partial charge in [0.2, 0.25) is 17.8 Å². The zero-order valence-electron chi connectivity index (χ0n) is 15.2. The summed E-state index contributed by atoms with van der Waals surface area (Å²) in [4.78, 5) is 15.8. The number of hydrazone groups is 1. The van der Waals surface area contributed by atoms with Gasteiger partial charge >= 0.3 is 0 Å². The summed E-state index contributed by atoms with van der Waals surface area (Å²) in [5.41, 5.74) is 4.88. The zero-order chi connectivity index (χ0) is 19.2. The quantitative estimate of drug-likeness (QED) is 0.309. The summed E-state index contributed by atoms with van der Waals surface area (Å²) in [6.45, 7) is 1.92. The normalized spacial score (nSPS) is 13.8. The van der Waals surface area contributed by atoms with Crippen molar-refractivity contribution in [2.45, 2.75) is 12.8 Å². The molecule has 1 fully saturated rings. The van der Waals surface area contributed by atoms with Gasteiger partial charge < -0.3 is 10.2 Å². The molecule has 1 aliphatic heterocycles. The minimum atomic E-state index is 0.414. The van der Waals surface area contributed by atoms with Crippen LogP contribution in [0.15, 0.2) is 59.7 Å². The maximum atomic E-state index is 4.59. The van der Waals surface area contributed by atoms with Gasteiger partial charge in [-0.15, -0.1) is 0 Å². The van der Waals surface area contributed by atoms with Crippen molar-refractivity contribution < 1.29 is 0 Å². The summed E-state index contributed by atoms with van der Waals surface area (Å²) < 4.78 is 1.16. The van der Waals surface area contributed by atoms with E-state index in [0.717, 1.165) is 40.8 Å². The highest BCUT2D eigenvalue weighted by atomic mass is 127. The summed E-state index contributed by atoms with van der Waals surface area (Å²) in [6.07, 6.45) is 4.06. The molecular formula is C20H20IN7.